The average Bonchev–Trinajstić information content (AvgIpc) is 2.26. The smallest absolute Gasteiger partial charge is 0.0193 e. The van der Waals surface area contributed by atoms with Gasteiger partial charge in [0.1, 0.15) is 0 Å². The molecular weight excluding hydrogens is 192 g/mol. The second kappa shape index (κ2) is 6.70. The molecular formula is C11H24N2S. The molecule has 0 aliphatic carbocycles. The predicted octanol–water partition coefficient (Wildman–Crippen LogP) is 1.81. The maximum atomic E-state index is 3.43. The zero-order valence-electron chi connectivity index (χ0n) is 9.75. The number of thioether (sulfide) groups is 1. The molecule has 0 radical (unpaired) electrons. The van der Waals surface area contributed by atoms with Gasteiger partial charge in [0, 0.05) is 36.7 Å². The normalized spacial score (nSPS) is 26.4. The van der Waals surface area contributed by atoms with Gasteiger partial charge in [0.25, 0.3) is 0 Å². The van der Waals surface area contributed by atoms with E-state index in [1.165, 1.54) is 25.3 Å². The van der Waals surface area contributed by atoms with Crippen molar-refractivity contribution in [3.8, 4) is 0 Å². The molecule has 0 aromatic carbocycles. The van der Waals surface area contributed by atoms with Gasteiger partial charge >= 0.3 is 0 Å². The standard InChI is InChI=1S/C11H24N2S/c1-4-11-9-13(6-7-14-11)10(3)8-12-5-2/h10-12H,4-9H2,1-3H3. The molecule has 1 heterocycles. The van der Waals surface area contributed by atoms with Crippen LogP contribution in [0.3, 0.4) is 0 Å². The van der Waals surface area contributed by atoms with Crippen LogP contribution in [0.2, 0.25) is 0 Å². The number of nitrogens with one attached hydrogen (secondary N) is 1. The lowest BCUT2D eigenvalue weighted by atomic mass is 10.2. The van der Waals surface area contributed by atoms with Crippen molar-refractivity contribution in [1.82, 2.24) is 10.2 Å². The number of hydrogen-bond acceptors (Lipinski definition) is 3. The quantitative estimate of drug-likeness (QED) is 0.754. The zero-order chi connectivity index (χ0) is 10.4. The molecule has 1 N–H and O–H groups in total. The number of nitrogens with zero attached hydrogens (tertiary/aromatic N) is 1. The number of likely N-dealkylation sites (N-methyl/N-ethyl adjacent to an activating group) is 1. The zero-order valence-corrected chi connectivity index (χ0v) is 10.6. The van der Waals surface area contributed by atoms with E-state index >= 15 is 0 Å². The van der Waals surface area contributed by atoms with E-state index in [4.69, 9.17) is 0 Å². The van der Waals surface area contributed by atoms with Gasteiger partial charge in [-0.3, -0.25) is 4.90 Å². The van der Waals surface area contributed by atoms with E-state index in [-0.39, 0.29) is 0 Å². The van der Waals surface area contributed by atoms with Crippen LogP contribution in [0, 0.1) is 0 Å². The van der Waals surface area contributed by atoms with Crippen molar-refractivity contribution in [2.45, 2.75) is 38.5 Å². The first-order chi connectivity index (χ1) is 6.77. The molecule has 0 saturated carbocycles. The molecule has 3 heteroatoms. The molecule has 1 aliphatic heterocycles. The van der Waals surface area contributed by atoms with Crippen LogP contribution in [0.25, 0.3) is 0 Å². The summed E-state index contributed by atoms with van der Waals surface area (Å²) in [6.07, 6.45) is 1.31. The first-order valence-electron chi connectivity index (χ1n) is 5.84. The van der Waals surface area contributed by atoms with Gasteiger partial charge in [0.15, 0.2) is 0 Å². The summed E-state index contributed by atoms with van der Waals surface area (Å²) in [5, 5.41) is 4.30. The van der Waals surface area contributed by atoms with Crippen LogP contribution in [0.5, 0.6) is 0 Å². The second-order valence-electron chi connectivity index (χ2n) is 4.05. The van der Waals surface area contributed by atoms with Gasteiger partial charge in [-0.2, -0.15) is 11.8 Å². The Balaban J connectivity index is 2.27. The summed E-state index contributed by atoms with van der Waals surface area (Å²) in [7, 11) is 0. The lowest BCUT2D eigenvalue weighted by Crippen LogP contribution is -2.47. The van der Waals surface area contributed by atoms with E-state index in [9.17, 15) is 0 Å². The van der Waals surface area contributed by atoms with Crippen molar-refractivity contribution in [2.75, 3.05) is 31.9 Å². The number of rotatable bonds is 5. The van der Waals surface area contributed by atoms with Gasteiger partial charge in [0.05, 0.1) is 0 Å². The Morgan fingerprint density at radius 2 is 2.29 bits per heavy atom. The predicted molar refractivity (Wildman–Crippen MR) is 66.1 cm³/mol. The van der Waals surface area contributed by atoms with Crippen LogP contribution >= 0.6 is 11.8 Å². The van der Waals surface area contributed by atoms with Crippen molar-refractivity contribution in [1.29, 1.82) is 0 Å². The van der Waals surface area contributed by atoms with Gasteiger partial charge in [-0.1, -0.05) is 13.8 Å². The Kier molecular flexibility index (Phi) is 5.90. The lowest BCUT2D eigenvalue weighted by Gasteiger charge is -2.36. The maximum absolute atomic E-state index is 3.43. The second-order valence-corrected chi connectivity index (χ2v) is 5.46. The third-order valence-corrected chi connectivity index (χ3v) is 4.31. The average molecular weight is 216 g/mol. The summed E-state index contributed by atoms with van der Waals surface area (Å²) in [6, 6.07) is 0.699. The van der Waals surface area contributed by atoms with Gasteiger partial charge < -0.3 is 5.32 Å². The largest absolute Gasteiger partial charge is 0.315 e. The van der Waals surface area contributed by atoms with Crippen LogP contribution in [0.1, 0.15) is 27.2 Å². The van der Waals surface area contributed by atoms with Crippen molar-refractivity contribution < 1.29 is 0 Å². The first-order valence-corrected chi connectivity index (χ1v) is 6.89. The van der Waals surface area contributed by atoms with Gasteiger partial charge in [-0.25, -0.2) is 0 Å². The molecule has 2 nitrogen and oxygen atoms in total. The molecule has 2 unspecified atom stereocenters. The summed E-state index contributed by atoms with van der Waals surface area (Å²) in [4.78, 5) is 2.63. The van der Waals surface area contributed by atoms with E-state index in [2.05, 4.69) is 42.7 Å². The Hall–Kier alpha value is 0.270. The molecule has 0 amide bonds. The maximum Gasteiger partial charge on any atom is 0.0193 e. The van der Waals surface area contributed by atoms with Crippen molar-refractivity contribution in [3.05, 3.63) is 0 Å². The van der Waals surface area contributed by atoms with E-state index in [1.807, 2.05) is 0 Å². The summed E-state index contributed by atoms with van der Waals surface area (Å²) in [5.41, 5.74) is 0. The Morgan fingerprint density at radius 3 is 2.93 bits per heavy atom. The van der Waals surface area contributed by atoms with Gasteiger partial charge in [-0.15, -0.1) is 0 Å². The summed E-state index contributed by atoms with van der Waals surface area (Å²) >= 11 is 2.15. The van der Waals surface area contributed by atoms with Crippen LogP contribution in [-0.2, 0) is 0 Å². The van der Waals surface area contributed by atoms with Crippen molar-refractivity contribution >= 4 is 11.8 Å². The van der Waals surface area contributed by atoms with Crippen LogP contribution in [-0.4, -0.2) is 48.1 Å². The van der Waals surface area contributed by atoms with E-state index < -0.39 is 0 Å². The Bertz CT molecular complexity index is 152. The van der Waals surface area contributed by atoms with Crippen LogP contribution in [0.4, 0.5) is 0 Å². The third-order valence-electron chi connectivity index (χ3n) is 2.94. The van der Waals surface area contributed by atoms with Crippen molar-refractivity contribution in [3.63, 3.8) is 0 Å². The SMILES string of the molecule is CCNCC(C)N1CCSC(CC)C1. The molecule has 84 valence electrons. The Morgan fingerprint density at radius 1 is 1.50 bits per heavy atom. The highest BCUT2D eigenvalue weighted by atomic mass is 32.2. The van der Waals surface area contributed by atoms with E-state index in [0.717, 1.165) is 18.3 Å². The highest BCUT2D eigenvalue weighted by molar-refractivity contribution is 8.00. The fourth-order valence-corrected chi connectivity index (χ4v) is 3.08. The fourth-order valence-electron chi connectivity index (χ4n) is 1.87. The molecule has 0 bridgehead atoms. The van der Waals surface area contributed by atoms with E-state index in [0.29, 0.717) is 6.04 Å². The van der Waals surface area contributed by atoms with E-state index in [1.54, 1.807) is 0 Å². The molecule has 1 rings (SSSR count). The molecule has 0 aromatic rings. The van der Waals surface area contributed by atoms with Gasteiger partial charge in [-0.05, 0) is 19.9 Å². The minimum absolute atomic E-state index is 0.699. The molecule has 1 fully saturated rings. The molecule has 1 saturated heterocycles. The molecule has 0 spiro atoms. The number of hydrogen-bond donors (Lipinski definition) is 1. The van der Waals surface area contributed by atoms with Crippen LogP contribution in [0.15, 0.2) is 0 Å². The minimum atomic E-state index is 0.699. The molecule has 2 atom stereocenters. The molecule has 0 aromatic heterocycles. The molecule has 14 heavy (non-hydrogen) atoms. The summed E-state index contributed by atoms with van der Waals surface area (Å²) in [5.74, 6) is 1.31. The third kappa shape index (κ3) is 3.79. The summed E-state index contributed by atoms with van der Waals surface area (Å²) < 4.78 is 0. The first kappa shape index (κ1) is 12.3. The molecule has 1 aliphatic rings. The highest BCUT2D eigenvalue weighted by Crippen LogP contribution is 2.22. The van der Waals surface area contributed by atoms with Crippen LogP contribution < -0.4 is 5.32 Å². The lowest BCUT2D eigenvalue weighted by molar-refractivity contribution is 0.211. The van der Waals surface area contributed by atoms with Crippen molar-refractivity contribution in [2.24, 2.45) is 0 Å². The monoisotopic (exact) mass is 216 g/mol. The minimum Gasteiger partial charge on any atom is -0.315 e. The van der Waals surface area contributed by atoms with Gasteiger partial charge in [0.2, 0.25) is 0 Å². The summed E-state index contributed by atoms with van der Waals surface area (Å²) in [6.45, 7) is 11.6. The topological polar surface area (TPSA) is 15.3 Å². The highest BCUT2D eigenvalue weighted by Gasteiger charge is 2.22. The fraction of sp³-hybridized carbons (Fsp3) is 1.00. The Labute approximate surface area is 92.8 Å².